The molecule has 0 saturated heterocycles. The van der Waals surface area contributed by atoms with Gasteiger partial charge in [0, 0.05) is 0 Å². The third kappa shape index (κ3) is 6.40. The topological polar surface area (TPSA) is 72.8 Å². The van der Waals surface area contributed by atoms with E-state index >= 15 is 0 Å². The summed E-state index contributed by atoms with van der Waals surface area (Å²) in [4.78, 5) is 11.1. The van der Waals surface area contributed by atoms with Crippen LogP contribution in [0.3, 0.4) is 0 Å². The van der Waals surface area contributed by atoms with Crippen molar-refractivity contribution in [2.24, 2.45) is 0 Å². The highest BCUT2D eigenvalue weighted by Crippen LogP contribution is 2.53. The minimum absolute atomic E-state index is 0.0127. The summed E-state index contributed by atoms with van der Waals surface area (Å²) in [6.45, 7) is 5.04. The molecule has 0 bridgehead atoms. The molecule has 5 nitrogen and oxygen atoms in total. The van der Waals surface area contributed by atoms with Gasteiger partial charge in [-0.1, -0.05) is 30.2 Å². The maximum atomic E-state index is 12.5. The van der Waals surface area contributed by atoms with Gasteiger partial charge in [-0.25, -0.2) is 0 Å². The standard InChI is InChI=1S/C13H19O5P/c1-4-7-10-17-19(16,18-11-8-5-2)12(9-6-3)13(14)15/h4-5,7-8,12H,10-11H2,1-3H3,(H,14,15). The van der Waals surface area contributed by atoms with Crippen LogP contribution < -0.4 is 0 Å². The highest BCUT2D eigenvalue weighted by atomic mass is 31.2. The largest absolute Gasteiger partial charge is 0.480 e. The minimum atomic E-state index is -3.84. The second kappa shape index (κ2) is 9.57. The Balaban J connectivity index is 5.12. The van der Waals surface area contributed by atoms with Crippen LogP contribution in [0.4, 0.5) is 0 Å². The minimum Gasteiger partial charge on any atom is -0.480 e. The van der Waals surface area contributed by atoms with Crippen LogP contribution >= 0.6 is 7.60 Å². The van der Waals surface area contributed by atoms with E-state index in [1.54, 1.807) is 38.2 Å². The van der Waals surface area contributed by atoms with Crippen LogP contribution in [-0.2, 0) is 18.4 Å². The van der Waals surface area contributed by atoms with E-state index in [9.17, 15) is 9.36 Å². The summed E-state index contributed by atoms with van der Waals surface area (Å²) < 4.78 is 22.7. The maximum Gasteiger partial charge on any atom is 0.357 e. The first-order valence-corrected chi connectivity index (χ1v) is 7.39. The van der Waals surface area contributed by atoms with Crippen LogP contribution in [0.2, 0.25) is 0 Å². The van der Waals surface area contributed by atoms with E-state index in [1.807, 2.05) is 0 Å². The number of carboxylic acid groups (broad SMARTS) is 1. The van der Waals surface area contributed by atoms with Crippen molar-refractivity contribution in [1.29, 1.82) is 0 Å². The summed E-state index contributed by atoms with van der Waals surface area (Å²) in [5.74, 6) is 3.48. The maximum absolute atomic E-state index is 12.5. The Labute approximate surface area is 113 Å². The van der Waals surface area contributed by atoms with E-state index in [-0.39, 0.29) is 13.2 Å². The summed E-state index contributed by atoms with van der Waals surface area (Å²) in [5.41, 5.74) is -1.48. The predicted molar refractivity (Wildman–Crippen MR) is 74.0 cm³/mol. The quantitative estimate of drug-likeness (QED) is 0.422. The van der Waals surface area contributed by atoms with Gasteiger partial charge in [0.25, 0.3) is 0 Å². The van der Waals surface area contributed by atoms with Gasteiger partial charge < -0.3 is 14.2 Å². The fraction of sp³-hybridized carbons (Fsp3) is 0.462. The Kier molecular flexibility index (Phi) is 8.90. The molecule has 0 amide bonds. The van der Waals surface area contributed by atoms with E-state index in [1.165, 1.54) is 6.92 Å². The van der Waals surface area contributed by atoms with Crippen LogP contribution in [0.1, 0.15) is 20.8 Å². The lowest BCUT2D eigenvalue weighted by Gasteiger charge is -2.19. The highest BCUT2D eigenvalue weighted by Gasteiger charge is 2.40. The Bertz CT molecular complexity index is 422. The van der Waals surface area contributed by atoms with Crippen LogP contribution in [0.15, 0.2) is 24.3 Å². The number of carboxylic acids is 1. The molecule has 0 aromatic carbocycles. The SMILES string of the molecule is CC#CC(C(=O)O)P(=O)(OCC=CC)OCC=CC. The summed E-state index contributed by atoms with van der Waals surface area (Å²) in [7, 11) is -3.84. The average molecular weight is 286 g/mol. The Morgan fingerprint density at radius 3 is 2.05 bits per heavy atom. The van der Waals surface area contributed by atoms with Crippen LogP contribution in [0, 0.1) is 11.8 Å². The first-order valence-electron chi connectivity index (χ1n) is 5.78. The molecule has 0 aromatic heterocycles. The lowest BCUT2D eigenvalue weighted by atomic mass is 10.4. The zero-order chi connectivity index (χ0) is 14.7. The lowest BCUT2D eigenvalue weighted by molar-refractivity contribution is -0.135. The van der Waals surface area contributed by atoms with Gasteiger partial charge in [0.2, 0.25) is 5.66 Å². The summed E-state index contributed by atoms with van der Waals surface area (Å²) in [5, 5.41) is 9.08. The molecule has 19 heavy (non-hydrogen) atoms. The molecule has 0 heterocycles. The third-order valence-electron chi connectivity index (χ3n) is 2.00. The van der Waals surface area contributed by atoms with Crippen LogP contribution in [0.5, 0.6) is 0 Å². The van der Waals surface area contributed by atoms with Gasteiger partial charge >= 0.3 is 13.6 Å². The molecule has 0 aliphatic carbocycles. The molecule has 0 aliphatic rings. The first-order chi connectivity index (χ1) is 9.01. The monoisotopic (exact) mass is 286 g/mol. The molecule has 1 atom stereocenters. The smallest absolute Gasteiger partial charge is 0.357 e. The van der Waals surface area contributed by atoms with Gasteiger partial charge in [0.1, 0.15) is 0 Å². The zero-order valence-electron chi connectivity index (χ0n) is 11.3. The summed E-state index contributed by atoms with van der Waals surface area (Å²) >= 11 is 0. The Morgan fingerprint density at radius 2 is 1.74 bits per heavy atom. The van der Waals surface area contributed by atoms with Crippen molar-refractivity contribution in [3.05, 3.63) is 24.3 Å². The van der Waals surface area contributed by atoms with Gasteiger partial charge in [-0.15, -0.1) is 5.92 Å². The van der Waals surface area contributed by atoms with Crippen LogP contribution in [-0.4, -0.2) is 29.9 Å². The second-order valence-electron chi connectivity index (χ2n) is 3.40. The number of aliphatic carboxylic acids is 1. The van der Waals surface area contributed by atoms with E-state index in [0.29, 0.717) is 0 Å². The van der Waals surface area contributed by atoms with Gasteiger partial charge in [-0.05, 0) is 20.8 Å². The van der Waals surface area contributed by atoms with E-state index in [0.717, 1.165) is 0 Å². The van der Waals surface area contributed by atoms with E-state index in [4.69, 9.17) is 14.2 Å². The van der Waals surface area contributed by atoms with Crippen molar-refractivity contribution in [1.82, 2.24) is 0 Å². The van der Waals surface area contributed by atoms with Crippen molar-refractivity contribution >= 4 is 13.6 Å². The van der Waals surface area contributed by atoms with Gasteiger partial charge in [0.15, 0.2) is 0 Å². The molecule has 0 aliphatic heterocycles. The number of hydrogen-bond donors (Lipinski definition) is 1. The van der Waals surface area contributed by atoms with Crippen molar-refractivity contribution in [2.75, 3.05) is 13.2 Å². The first kappa shape index (κ1) is 17.7. The lowest BCUT2D eigenvalue weighted by Crippen LogP contribution is -2.21. The predicted octanol–water partition coefficient (Wildman–Crippen LogP) is 2.84. The summed E-state index contributed by atoms with van der Waals surface area (Å²) in [6.07, 6.45) is 6.64. The number of carbonyl (C=O) groups is 1. The molecule has 0 radical (unpaired) electrons. The second-order valence-corrected chi connectivity index (χ2v) is 5.52. The highest BCUT2D eigenvalue weighted by molar-refractivity contribution is 7.56. The van der Waals surface area contributed by atoms with Crippen molar-refractivity contribution in [3.63, 3.8) is 0 Å². The molecule has 6 heteroatoms. The Morgan fingerprint density at radius 1 is 1.26 bits per heavy atom. The zero-order valence-corrected chi connectivity index (χ0v) is 12.2. The third-order valence-corrected chi connectivity index (χ3v) is 4.00. The summed E-state index contributed by atoms with van der Waals surface area (Å²) in [6, 6.07) is 0. The molecule has 1 N–H and O–H groups in total. The van der Waals surface area contributed by atoms with Gasteiger partial charge in [0.05, 0.1) is 13.2 Å². The van der Waals surface area contributed by atoms with Gasteiger partial charge in [-0.2, -0.15) is 0 Å². The molecule has 0 spiro atoms. The van der Waals surface area contributed by atoms with Crippen molar-refractivity contribution in [3.8, 4) is 11.8 Å². The van der Waals surface area contributed by atoms with Gasteiger partial charge in [-0.3, -0.25) is 9.36 Å². The fourth-order valence-electron chi connectivity index (χ4n) is 1.09. The molecular weight excluding hydrogens is 267 g/mol. The molecule has 0 rings (SSSR count). The van der Waals surface area contributed by atoms with E-state index in [2.05, 4.69) is 11.8 Å². The number of hydrogen-bond acceptors (Lipinski definition) is 4. The van der Waals surface area contributed by atoms with Crippen molar-refractivity contribution < 1.29 is 23.5 Å². The Hall–Kier alpha value is -1.34. The van der Waals surface area contributed by atoms with Crippen LogP contribution in [0.25, 0.3) is 0 Å². The number of rotatable bonds is 8. The normalized spacial score (nSPS) is 15.9. The molecule has 0 fully saturated rings. The molecule has 106 valence electrons. The average Bonchev–Trinajstić information content (AvgIpc) is 2.36. The fourth-order valence-corrected chi connectivity index (χ4v) is 2.60. The molecule has 1 unspecified atom stereocenters. The molecule has 0 aromatic rings. The number of allylic oxidation sites excluding steroid dienone is 2. The van der Waals surface area contributed by atoms with Crippen molar-refractivity contribution in [2.45, 2.75) is 26.4 Å². The molecular formula is C13H19O5P. The van der Waals surface area contributed by atoms with E-state index < -0.39 is 19.2 Å². The molecule has 0 saturated carbocycles.